The van der Waals surface area contributed by atoms with Crippen LogP contribution in [0.5, 0.6) is 0 Å². The minimum Gasteiger partial charge on any atom is -0.318 e. The molecule has 1 atom stereocenters. The molecular formula is C11H16F2N2. The van der Waals surface area contributed by atoms with Gasteiger partial charge in [-0.2, -0.15) is 0 Å². The van der Waals surface area contributed by atoms with Crippen LogP contribution in [0, 0.1) is 11.6 Å². The first-order valence-electron chi connectivity index (χ1n) is 4.95. The van der Waals surface area contributed by atoms with Crippen LogP contribution < -0.4 is 10.6 Å². The number of nitrogens with one attached hydrogen (secondary N) is 2. The molecule has 0 spiro atoms. The Morgan fingerprint density at radius 2 is 2.07 bits per heavy atom. The fourth-order valence-corrected chi connectivity index (χ4v) is 1.33. The highest BCUT2D eigenvalue weighted by Crippen LogP contribution is 2.09. The molecule has 0 aliphatic rings. The molecule has 0 aliphatic heterocycles. The third kappa shape index (κ3) is 3.93. The number of likely N-dealkylation sites (N-methyl/N-ethyl adjacent to an activating group) is 1. The van der Waals surface area contributed by atoms with Gasteiger partial charge in [0.2, 0.25) is 0 Å². The molecule has 0 radical (unpaired) electrons. The van der Waals surface area contributed by atoms with Gasteiger partial charge in [-0.3, -0.25) is 0 Å². The summed E-state index contributed by atoms with van der Waals surface area (Å²) in [5.74, 6) is -1.04. The fourth-order valence-electron chi connectivity index (χ4n) is 1.33. The maximum atomic E-state index is 13.2. The predicted octanol–water partition coefficient (Wildman–Crippen LogP) is 1.66. The third-order valence-corrected chi connectivity index (χ3v) is 2.17. The lowest BCUT2D eigenvalue weighted by Crippen LogP contribution is -2.34. The van der Waals surface area contributed by atoms with Crippen LogP contribution in [0.3, 0.4) is 0 Å². The van der Waals surface area contributed by atoms with Gasteiger partial charge in [-0.25, -0.2) is 8.78 Å². The van der Waals surface area contributed by atoms with Crippen molar-refractivity contribution in [3.05, 3.63) is 35.4 Å². The molecule has 0 bridgehead atoms. The average molecular weight is 214 g/mol. The Bertz CT molecular complexity index is 315. The quantitative estimate of drug-likeness (QED) is 0.779. The van der Waals surface area contributed by atoms with Crippen LogP contribution in [-0.4, -0.2) is 19.6 Å². The van der Waals surface area contributed by atoms with Crippen molar-refractivity contribution < 1.29 is 8.78 Å². The van der Waals surface area contributed by atoms with E-state index in [0.717, 1.165) is 12.6 Å². The van der Waals surface area contributed by atoms with Gasteiger partial charge in [0, 0.05) is 30.8 Å². The maximum Gasteiger partial charge on any atom is 0.130 e. The highest BCUT2D eigenvalue weighted by Gasteiger charge is 2.05. The molecule has 2 nitrogen and oxygen atoms in total. The summed E-state index contributed by atoms with van der Waals surface area (Å²) in [6.45, 7) is 3.22. The second kappa shape index (κ2) is 5.78. The highest BCUT2D eigenvalue weighted by atomic mass is 19.1. The normalized spacial score (nSPS) is 12.8. The van der Waals surface area contributed by atoms with Crippen molar-refractivity contribution in [1.29, 1.82) is 0 Å². The molecule has 1 aromatic carbocycles. The average Bonchev–Trinajstić information content (AvgIpc) is 2.17. The predicted molar refractivity (Wildman–Crippen MR) is 56.6 cm³/mol. The molecule has 15 heavy (non-hydrogen) atoms. The van der Waals surface area contributed by atoms with Gasteiger partial charge in [0.05, 0.1) is 0 Å². The summed E-state index contributed by atoms with van der Waals surface area (Å²) in [7, 11) is 1.86. The molecule has 1 rings (SSSR count). The Morgan fingerprint density at radius 1 is 1.33 bits per heavy atom. The standard InChI is InChI=1S/C11H16F2N2/c1-8(6-14-2)15-7-9-3-4-10(12)5-11(9)13/h3-5,8,14-15H,6-7H2,1-2H3. The molecule has 0 amide bonds. The molecule has 0 saturated carbocycles. The van der Waals surface area contributed by atoms with Crippen molar-refractivity contribution >= 4 is 0 Å². The first-order chi connectivity index (χ1) is 7.13. The molecule has 2 N–H and O–H groups in total. The van der Waals surface area contributed by atoms with Crippen LogP contribution >= 0.6 is 0 Å². The summed E-state index contributed by atoms with van der Waals surface area (Å²) in [6, 6.07) is 3.88. The van der Waals surface area contributed by atoms with Crippen molar-refractivity contribution in [1.82, 2.24) is 10.6 Å². The van der Waals surface area contributed by atoms with E-state index in [1.54, 1.807) is 0 Å². The fraction of sp³-hybridized carbons (Fsp3) is 0.455. The first-order valence-corrected chi connectivity index (χ1v) is 4.95. The molecular weight excluding hydrogens is 198 g/mol. The number of hydrogen-bond donors (Lipinski definition) is 2. The Morgan fingerprint density at radius 3 is 2.67 bits per heavy atom. The van der Waals surface area contributed by atoms with Gasteiger partial charge in [-0.15, -0.1) is 0 Å². The van der Waals surface area contributed by atoms with Crippen LogP contribution in [0.1, 0.15) is 12.5 Å². The van der Waals surface area contributed by atoms with E-state index in [0.29, 0.717) is 12.1 Å². The Kier molecular flexibility index (Phi) is 4.65. The molecule has 0 aromatic heterocycles. The maximum absolute atomic E-state index is 13.2. The van der Waals surface area contributed by atoms with Crippen LogP contribution in [-0.2, 0) is 6.54 Å². The molecule has 0 heterocycles. The molecule has 1 unspecified atom stereocenters. The first kappa shape index (κ1) is 12.1. The Hall–Kier alpha value is -1.00. The zero-order chi connectivity index (χ0) is 11.3. The van der Waals surface area contributed by atoms with Crippen molar-refractivity contribution in [2.24, 2.45) is 0 Å². The summed E-state index contributed by atoms with van der Waals surface area (Å²) in [5, 5.41) is 6.15. The van der Waals surface area contributed by atoms with E-state index in [2.05, 4.69) is 10.6 Å². The molecule has 0 aliphatic carbocycles. The van der Waals surface area contributed by atoms with Crippen molar-refractivity contribution in [3.8, 4) is 0 Å². The second-order valence-electron chi connectivity index (χ2n) is 3.58. The van der Waals surface area contributed by atoms with Gasteiger partial charge in [0.15, 0.2) is 0 Å². The largest absolute Gasteiger partial charge is 0.318 e. The second-order valence-corrected chi connectivity index (χ2v) is 3.58. The van der Waals surface area contributed by atoms with Crippen molar-refractivity contribution in [2.75, 3.05) is 13.6 Å². The lowest BCUT2D eigenvalue weighted by atomic mass is 10.2. The van der Waals surface area contributed by atoms with E-state index < -0.39 is 11.6 Å². The van der Waals surface area contributed by atoms with Crippen LogP contribution in [0.15, 0.2) is 18.2 Å². The Balaban J connectivity index is 2.50. The van der Waals surface area contributed by atoms with Gasteiger partial charge < -0.3 is 10.6 Å². The summed E-state index contributed by atoms with van der Waals surface area (Å²) >= 11 is 0. The van der Waals surface area contributed by atoms with Gasteiger partial charge >= 0.3 is 0 Å². The van der Waals surface area contributed by atoms with Crippen molar-refractivity contribution in [2.45, 2.75) is 19.5 Å². The molecule has 0 fully saturated rings. The third-order valence-electron chi connectivity index (χ3n) is 2.17. The van der Waals surface area contributed by atoms with Gasteiger partial charge in [0.25, 0.3) is 0 Å². The molecule has 84 valence electrons. The van der Waals surface area contributed by atoms with Crippen LogP contribution in [0.4, 0.5) is 8.78 Å². The minimum absolute atomic E-state index is 0.249. The van der Waals surface area contributed by atoms with E-state index in [1.807, 2.05) is 14.0 Å². The lowest BCUT2D eigenvalue weighted by molar-refractivity contribution is 0.505. The van der Waals surface area contributed by atoms with Gasteiger partial charge in [0.1, 0.15) is 11.6 Å². The number of rotatable bonds is 5. The highest BCUT2D eigenvalue weighted by molar-refractivity contribution is 5.18. The van der Waals surface area contributed by atoms with E-state index in [4.69, 9.17) is 0 Å². The zero-order valence-corrected chi connectivity index (χ0v) is 8.98. The summed E-state index contributed by atoms with van der Waals surface area (Å²) in [5.41, 5.74) is 0.486. The summed E-state index contributed by atoms with van der Waals surface area (Å²) < 4.78 is 25.8. The van der Waals surface area contributed by atoms with E-state index in [1.165, 1.54) is 12.1 Å². The van der Waals surface area contributed by atoms with E-state index in [9.17, 15) is 8.78 Å². The number of benzene rings is 1. The van der Waals surface area contributed by atoms with Gasteiger partial charge in [-0.05, 0) is 20.0 Å². The SMILES string of the molecule is CNCC(C)NCc1ccc(F)cc1F. The zero-order valence-electron chi connectivity index (χ0n) is 8.98. The van der Waals surface area contributed by atoms with Crippen molar-refractivity contribution in [3.63, 3.8) is 0 Å². The number of hydrogen-bond acceptors (Lipinski definition) is 2. The lowest BCUT2D eigenvalue weighted by Gasteiger charge is -2.13. The number of halogens is 2. The molecule has 1 aromatic rings. The Labute approximate surface area is 88.7 Å². The summed E-state index contributed by atoms with van der Waals surface area (Å²) in [6.07, 6.45) is 0. The summed E-state index contributed by atoms with van der Waals surface area (Å²) in [4.78, 5) is 0. The topological polar surface area (TPSA) is 24.1 Å². The smallest absolute Gasteiger partial charge is 0.130 e. The minimum atomic E-state index is -0.542. The molecule has 4 heteroatoms. The monoisotopic (exact) mass is 214 g/mol. The van der Waals surface area contributed by atoms with E-state index >= 15 is 0 Å². The van der Waals surface area contributed by atoms with Gasteiger partial charge in [-0.1, -0.05) is 6.07 Å². The van der Waals surface area contributed by atoms with E-state index in [-0.39, 0.29) is 6.04 Å². The van der Waals surface area contributed by atoms with Crippen LogP contribution in [0.25, 0.3) is 0 Å². The van der Waals surface area contributed by atoms with Crippen LogP contribution in [0.2, 0.25) is 0 Å². The molecule has 0 saturated heterocycles.